The molecule has 2 heterocycles. The number of likely N-dealkylation sites (tertiary alicyclic amines) is 1. The Morgan fingerprint density at radius 1 is 1.53 bits per heavy atom. The Hall–Kier alpha value is -0.680. The fourth-order valence-corrected chi connectivity index (χ4v) is 2.66. The van der Waals surface area contributed by atoms with Crippen LogP contribution in [-0.4, -0.2) is 40.8 Å². The van der Waals surface area contributed by atoms with Crippen molar-refractivity contribution in [3.05, 3.63) is 5.01 Å². The molecule has 1 aromatic heterocycles. The topological polar surface area (TPSA) is 41.0 Å². The Labute approximate surface area is 94.7 Å². The smallest absolute Gasteiger partial charge is 0.205 e. The molecule has 0 aliphatic carbocycles. The average molecular weight is 226 g/mol. The second kappa shape index (κ2) is 4.90. The second-order valence-corrected chi connectivity index (χ2v) is 5.18. The fourth-order valence-electron chi connectivity index (χ4n) is 1.99. The lowest BCUT2D eigenvalue weighted by atomic mass is 10.1. The van der Waals surface area contributed by atoms with Gasteiger partial charge in [0.1, 0.15) is 5.01 Å². The van der Waals surface area contributed by atoms with Gasteiger partial charge in [-0.1, -0.05) is 18.3 Å². The minimum Gasteiger partial charge on any atom is -0.356 e. The Morgan fingerprint density at radius 3 is 3.07 bits per heavy atom. The first-order valence-corrected chi connectivity index (χ1v) is 6.38. The number of likely N-dealkylation sites (N-methyl/N-ethyl adjacent to an activating group) is 1. The summed E-state index contributed by atoms with van der Waals surface area (Å²) in [6.07, 6.45) is 2.53. The molecule has 15 heavy (non-hydrogen) atoms. The van der Waals surface area contributed by atoms with Gasteiger partial charge in [-0.3, -0.25) is 0 Å². The van der Waals surface area contributed by atoms with Gasteiger partial charge in [0.2, 0.25) is 5.13 Å². The van der Waals surface area contributed by atoms with Crippen molar-refractivity contribution >= 4 is 16.5 Å². The van der Waals surface area contributed by atoms with Crippen molar-refractivity contribution in [2.75, 3.05) is 25.0 Å². The highest BCUT2D eigenvalue weighted by molar-refractivity contribution is 7.15. The number of rotatable bonds is 3. The number of piperidine rings is 1. The number of anilines is 1. The average Bonchev–Trinajstić information content (AvgIpc) is 2.64. The molecule has 1 atom stereocenters. The summed E-state index contributed by atoms with van der Waals surface area (Å²) in [5, 5.41) is 13.6. The molecule has 84 valence electrons. The van der Waals surface area contributed by atoms with E-state index in [1.165, 1.54) is 19.4 Å². The van der Waals surface area contributed by atoms with Crippen LogP contribution in [0.25, 0.3) is 0 Å². The van der Waals surface area contributed by atoms with E-state index in [9.17, 15) is 0 Å². The highest BCUT2D eigenvalue weighted by atomic mass is 32.1. The Bertz CT molecular complexity index is 312. The van der Waals surface area contributed by atoms with E-state index in [0.717, 1.165) is 23.2 Å². The zero-order valence-corrected chi connectivity index (χ0v) is 10.2. The summed E-state index contributed by atoms with van der Waals surface area (Å²) >= 11 is 1.64. The van der Waals surface area contributed by atoms with E-state index in [1.54, 1.807) is 11.3 Å². The van der Waals surface area contributed by atoms with Crippen molar-refractivity contribution in [3.8, 4) is 0 Å². The van der Waals surface area contributed by atoms with E-state index in [4.69, 9.17) is 0 Å². The fraction of sp³-hybridized carbons (Fsp3) is 0.800. The summed E-state index contributed by atoms with van der Waals surface area (Å²) in [6.45, 7) is 7.73. The van der Waals surface area contributed by atoms with Crippen molar-refractivity contribution in [1.82, 2.24) is 15.1 Å². The second-order valence-electron chi connectivity index (χ2n) is 4.00. The number of nitrogens with one attached hydrogen (secondary N) is 1. The van der Waals surface area contributed by atoms with Crippen molar-refractivity contribution in [2.24, 2.45) is 0 Å². The van der Waals surface area contributed by atoms with E-state index in [1.807, 2.05) is 6.92 Å². The molecule has 0 saturated carbocycles. The molecule has 1 unspecified atom stereocenters. The van der Waals surface area contributed by atoms with E-state index < -0.39 is 0 Å². The SMILES string of the molecule is CCN1CCCC(Nc2nnc(C)s2)C1. The first kappa shape index (κ1) is 10.8. The molecule has 1 N–H and O–H groups in total. The molecular formula is C10H18N4S. The maximum Gasteiger partial charge on any atom is 0.205 e. The molecule has 1 aliphatic heterocycles. The summed E-state index contributed by atoms with van der Waals surface area (Å²) in [5.74, 6) is 0. The quantitative estimate of drug-likeness (QED) is 0.852. The maximum absolute atomic E-state index is 4.10. The van der Waals surface area contributed by atoms with Gasteiger partial charge in [0, 0.05) is 12.6 Å². The van der Waals surface area contributed by atoms with Crippen LogP contribution >= 0.6 is 11.3 Å². The minimum atomic E-state index is 0.547. The van der Waals surface area contributed by atoms with Gasteiger partial charge in [-0.15, -0.1) is 10.2 Å². The molecule has 1 fully saturated rings. The Kier molecular flexibility index (Phi) is 3.53. The van der Waals surface area contributed by atoms with Gasteiger partial charge in [-0.2, -0.15) is 0 Å². The van der Waals surface area contributed by atoms with Gasteiger partial charge in [0.05, 0.1) is 0 Å². The van der Waals surface area contributed by atoms with E-state index in [-0.39, 0.29) is 0 Å². The molecule has 0 spiro atoms. The summed E-state index contributed by atoms with van der Waals surface area (Å²) in [6, 6.07) is 0.547. The lowest BCUT2D eigenvalue weighted by molar-refractivity contribution is 0.227. The Balaban J connectivity index is 1.88. The molecule has 0 radical (unpaired) electrons. The first-order valence-electron chi connectivity index (χ1n) is 5.57. The maximum atomic E-state index is 4.10. The molecular weight excluding hydrogens is 208 g/mol. The lowest BCUT2D eigenvalue weighted by Crippen LogP contribution is -2.41. The number of aromatic nitrogens is 2. The number of nitrogens with zero attached hydrogens (tertiary/aromatic N) is 3. The van der Waals surface area contributed by atoms with Crippen LogP contribution in [-0.2, 0) is 0 Å². The van der Waals surface area contributed by atoms with Crippen LogP contribution in [0.5, 0.6) is 0 Å². The third-order valence-electron chi connectivity index (χ3n) is 2.81. The van der Waals surface area contributed by atoms with Gasteiger partial charge in [0.25, 0.3) is 0 Å². The van der Waals surface area contributed by atoms with E-state index >= 15 is 0 Å². The highest BCUT2D eigenvalue weighted by Crippen LogP contribution is 2.18. The number of aryl methyl sites for hydroxylation is 1. The largest absolute Gasteiger partial charge is 0.356 e. The highest BCUT2D eigenvalue weighted by Gasteiger charge is 2.19. The van der Waals surface area contributed by atoms with E-state index in [2.05, 4.69) is 27.3 Å². The molecule has 1 aromatic rings. The normalized spacial score (nSPS) is 22.9. The molecule has 0 bridgehead atoms. The molecule has 4 nitrogen and oxygen atoms in total. The van der Waals surface area contributed by atoms with Gasteiger partial charge in [-0.05, 0) is 32.9 Å². The van der Waals surface area contributed by atoms with Crippen molar-refractivity contribution in [1.29, 1.82) is 0 Å². The van der Waals surface area contributed by atoms with Gasteiger partial charge >= 0.3 is 0 Å². The summed E-state index contributed by atoms with van der Waals surface area (Å²) < 4.78 is 0. The van der Waals surface area contributed by atoms with Gasteiger partial charge < -0.3 is 10.2 Å². The van der Waals surface area contributed by atoms with E-state index in [0.29, 0.717) is 6.04 Å². The van der Waals surface area contributed by atoms with Gasteiger partial charge in [0.15, 0.2) is 0 Å². The molecule has 2 rings (SSSR count). The lowest BCUT2D eigenvalue weighted by Gasteiger charge is -2.31. The standard InChI is InChI=1S/C10H18N4S/c1-3-14-6-4-5-9(7-14)11-10-13-12-8(2)15-10/h9H,3-7H2,1-2H3,(H,11,13). The van der Waals surface area contributed by atoms with Crippen LogP contribution in [0.2, 0.25) is 0 Å². The van der Waals surface area contributed by atoms with Gasteiger partial charge in [-0.25, -0.2) is 0 Å². The van der Waals surface area contributed by atoms with Crippen molar-refractivity contribution < 1.29 is 0 Å². The van der Waals surface area contributed by atoms with Crippen LogP contribution in [0.3, 0.4) is 0 Å². The van der Waals surface area contributed by atoms with Crippen molar-refractivity contribution in [2.45, 2.75) is 32.7 Å². The molecule has 1 aliphatic rings. The molecule has 1 saturated heterocycles. The molecule has 0 aromatic carbocycles. The minimum absolute atomic E-state index is 0.547. The van der Waals surface area contributed by atoms with Crippen LogP contribution < -0.4 is 5.32 Å². The Morgan fingerprint density at radius 2 is 2.40 bits per heavy atom. The molecule has 0 amide bonds. The third-order valence-corrected chi connectivity index (χ3v) is 3.58. The predicted octanol–water partition coefficient (Wildman–Crippen LogP) is 1.74. The summed E-state index contributed by atoms with van der Waals surface area (Å²) in [4.78, 5) is 2.48. The zero-order valence-electron chi connectivity index (χ0n) is 9.36. The van der Waals surface area contributed by atoms with Crippen molar-refractivity contribution in [3.63, 3.8) is 0 Å². The molecule has 5 heteroatoms. The number of hydrogen-bond donors (Lipinski definition) is 1. The van der Waals surface area contributed by atoms with Crippen LogP contribution in [0.4, 0.5) is 5.13 Å². The van der Waals surface area contributed by atoms with Crippen LogP contribution in [0.1, 0.15) is 24.8 Å². The summed E-state index contributed by atoms with van der Waals surface area (Å²) in [5.41, 5.74) is 0. The summed E-state index contributed by atoms with van der Waals surface area (Å²) in [7, 11) is 0. The first-order chi connectivity index (χ1) is 7.28. The number of hydrogen-bond acceptors (Lipinski definition) is 5. The monoisotopic (exact) mass is 226 g/mol. The predicted molar refractivity (Wildman–Crippen MR) is 63.4 cm³/mol. The third kappa shape index (κ3) is 2.89. The van der Waals surface area contributed by atoms with Crippen LogP contribution in [0, 0.1) is 6.92 Å². The zero-order chi connectivity index (χ0) is 10.7. The van der Waals surface area contributed by atoms with Crippen LogP contribution in [0.15, 0.2) is 0 Å².